The van der Waals surface area contributed by atoms with Gasteiger partial charge in [0.25, 0.3) is 5.56 Å². The topological polar surface area (TPSA) is 90.5 Å². The van der Waals surface area contributed by atoms with Gasteiger partial charge in [-0.25, -0.2) is 14.3 Å². The van der Waals surface area contributed by atoms with E-state index in [1.165, 1.54) is 15.6 Å². The van der Waals surface area contributed by atoms with Crippen LogP contribution in [-0.2, 0) is 13.6 Å². The summed E-state index contributed by atoms with van der Waals surface area (Å²) in [6, 6.07) is 5.62. The smallest absolute Gasteiger partial charge is 0.281 e. The Bertz CT molecular complexity index is 836. The van der Waals surface area contributed by atoms with Crippen molar-refractivity contribution in [3.63, 3.8) is 0 Å². The summed E-state index contributed by atoms with van der Waals surface area (Å²) in [7, 11) is 1.72. The molecule has 0 saturated carbocycles. The van der Waals surface area contributed by atoms with Gasteiger partial charge in [0.2, 0.25) is 0 Å². The molecule has 1 N–H and O–H groups in total. The van der Waals surface area contributed by atoms with Crippen LogP contribution in [0.5, 0.6) is 0 Å². The number of anilines is 1. The van der Waals surface area contributed by atoms with E-state index < -0.39 is 0 Å². The lowest BCUT2D eigenvalue weighted by atomic mass is 10.3. The van der Waals surface area contributed by atoms with Gasteiger partial charge in [-0.15, -0.1) is 5.10 Å². The fraction of sp³-hybridized carbons (Fsp3) is 0.308. The lowest BCUT2D eigenvalue weighted by Gasteiger charge is -2.06. The highest BCUT2D eigenvalue weighted by molar-refractivity contribution is 5.72. The number of pyridine rings is 1. The Morgan fingerprint density at radius 2 is 2.19 bits per heavy atom. The highest BCUT2D eigenvalue weighted by Gasteiger charge is 2.10. The van der Waals surface area contributed by atoms with Gasteiger partial charge in [-0.1, -0.05) is 11.3 Å². The molecule has 8 nitrogen and oxygen atoms in total. The van der Waals surface area contributed by atoms with E-state index in [2.05, 4.69) is 25.7 Å². The minimum Gasteiger partial charge on any atom is -0.370 e. The van der Waals surface area contributed by atoms with Gasteiger partial charge in [-0.3, -0.25) is 4.79 Å². The molecule has 3 aromatic heterocycles. The molecule has 0 unspecified atom stereocenters. The molecule has 21 heavy (non-hydrogen) atoms. The van der Waals surface area contributed by atoms with Crippen LogP contribution in [0.15, 0.2) is 29.2 Å². The molecular formula is C13H15N7O. The summed E-state index contributed by atoms with van der Waals surface area (Å²) in [6.07, 6.45) is 1.51. The molecule has 0 aliphatic carbocycles. The quantitative estimate of drug-likeness (QED) is 0.746. The van der Waals surface area contributed by atoms with Crippen molar-refractivity contribution < 1.29 is 0 Å². The van der Waals surface area contributed by atoms with E-state index in [-0.39, 0.29) is 12.1 Å². The predicted molar refractivity (Wildman–Crippen MR) is 78.1 cm³/mol. The van der Waals surface area contributed by atoms with Crippen molar-refractivity contribution in [2.45, 2.75) is 13.5 Å². The monoisotopic (exact) mass is 285 g/mol. The molecule has 0 aromatic carbocycles. The molecular weight excluding hydrogens is 270 g/mol. The normalized spacial score (nSPS) is 11.0. The summed E-state index contributed by atoms with van der Waals surface area (Å²) in [5, 5.41) is 15.6. The van der Waals surface area contributed by atoms with Crippen LogP contribution in [0.1, 0.15) is 12.6 Å². The molecule has 0 bridgehead atoms. The van der Waals surface area contributed by atoms with E-state index in [0.717, 1.165) is 18.1 Å². The van der Waals surface area contributed by atoms with Crippen LogP contribution in [0.4, 0.5) is 5.82 Å². The number of nitrogens with one attached hydrogen (secondary N) is 1. The maximum Gasteiger partial charge on any atom is 0.281 e. The first-order valence-corrected chi connectivity index (χ1v) is 6.64. The molecule has 0 aliphatic rings. The van der Waals surface area contributed by atoms with E-state index in [9.17, 15) is 4.79 Å². The lowest BCUT2D eigenvalue weighted by Crippen LogP contribution is -2.25. The first-order chi connectivity index (χ1) is 10.2. The van der Waals surface area contributed by atoms with Gasteiger partial charge in [-0.2, -0.15) is 5.10 Å². The molecule has 0 amide bonds. The van der Waals surface area contributed by atoms with Crippen LogP contribution < -0.4 is 10.9 Å². The molecule has 0 spiro atoms. The highest BCUT2D eigenvalue weighted by Crippen LogP contribution is 2.06. The van der Waals surface area contributed by atoms with Crippen molar-refractivity contribution in [3.8, 4) is 0 Å². The average molecular weight is 285 g/mol. The molecule has 3 heterocycles. The summed E-state index contributed by atoms with van der Waals surface area (Å²) in [5.74, 6) is 0.776. The van der Waals surface area contributed by atoms with Crippen molar-refractivity contribution in [2.24, 2.45) is 7.05 Å². The molecule has 0 saturated heterocycles. The van der Waals surface area contributed by atoms with Gasteiger partial charge in [-0.05, 0) is 19.1 Å². The first kappa shape index (κ1) is 13.2. The standard InChI is InChI=1S/C13H15N7O/c1-3-14-11-6-4-5-9(16-11)8-20-13(21)10-7-15-19(2)12(10)17-18-20/h4-7H,3,8H2,1-2H3,(H,14,16). The number of fused-ring (bicyclic) bond motifs is 1. The molecule has 108 valence electrons. The number of aromatic nitrogens is 6. The van der Waals surface area contributed by atoms with E-state index in [1.807, 2.05) is 25.1 Å². The Balaban J connectivity index is 1.96. The Morgan fingerprint density at radius 3 is 3.00 bits per heavy atom. The van der Waals surface area contributed by atoms with Crippen molar-refractivity contribution >= 4 is 16.9 Å². The Morgan fingerprint density at radius 1 is 1.33 bits per heavy atom. The number of hydrogen-bond acceptors (Lipinski definition) is 6. The zero-order valence-electron chi connectivity index (χ0n) is 11.8. The second-order valence-electron chi connectivity index (χ2n) is 4.60. The fourth-order valence-corrected chi connectivity index (χ4v) is 2.08. The summed E-state index contributed by atoms with van der Waals surface area (Å²) in [4.78, 5) is 16.7. The third-order valence-corrected chi connectivity index (χ3v) is 3.10. The molecule has 0 fully saturated rings. The molecule has 3 rings (SSSR count). The molecule has 8 heteroatoms. The van der Waals surface area contributed by atoms with Crippen LogP contribution in [0.2, 0.25) is 0 Å². The van der Waals surface area contributed by atoms with Crippen LogP contribution in [-0.4, -0.2) is 36.3 Å². The van der Waals surface area contributed by atoms with Crippen molar-refractivity contribution in [1.29, 1.82) is 0 Å². The molecule has 0 atom stereocenters. The van der Waals surface area contributed by atoms with Gasteiger partial charge >= 0.3 is 0 Å². The zero-order valence-corrected chi connectivity index (χ0v) is 11.8. The number of nitrogens with zero attached hydrogens (tertiary/aromatic N) is 6. The highest BCUT2D eigenvalue weighted by atomic mass is 16.1. The summed E-state index contributed by atoms with van der Waals surface area (Å²) in [6.45, 7) is 3.06. The van der Waals surface area contributed by atoms with Crippen LogP contribution in [0, 0.1) is 0 Å². The Labute approximate surface area is 120 Å². The molecule has 0 radical (unpaired) electrons. The van der Waals surface area contributed by atoms with E-state index in [4.69, 9.17) is 0 Å². The van der Waals surface area contributed by atoms with Gasteiger partial charge in [0, 0.05) is 13.6 Å². The van der Waals surface area contributed by atoms with E-state index in [1.54, 1.807) is 7.05 Å². The molecule has 3 aromatic rings. The summed E-state index contributed by atoms with van der Waals surface area (Å²) in [5.41, 5.74) is 1.00. The van der Waals surface area contributed by atoms with Gasteiger partial charge < -0.3 is 5.32 Å². The van der Waals surface area contributed by atoms with Gasteiger partial charge in [0.1, 0.15) is 11.2 Å². The van der Waals surface area contributed by atoms with E-state index >= 15 is 0 Å². The number of rotatable bonds is 4. The number of hydrogen-bond donors (Lipinski definition) is 1. The third-order valence-electron chi connectivity index (χ3n) is 3.10. The predicted octanol–water partition coefficient (Wildman–Crippen LogP) is 0.400. The largest absolute Gasteiger partial charge is 0.370 e. The van der Waals surface area contributed by atoms with Crippen LogP contribution in [0.3, 0.4) is 0 Å². The van der Waals surface area contributed by atoms with Crippen molar-refractivity contribution in [2.75, 3.05) is 11.9 Å². The molecule has 0 aliphatic heterocycles. The maximum absolute atomic E-state index is 12.3. The lowest BCUT2D eigenvalue weighted by molar-refractivity contribution is 0.587. The zero-order chi connectivity index (χ0) is 14.8. The first-order valence-electron chi connectivity index (χ1n) is 6.64. The van der Waals surface area contributed by atoms with Crippen LogP contribution >= 0.6 is 0 Å². The average Bonchev–Trinajstić information content (AvgIpc) is 2.85. The third kappa shape index (κ3) is 2.47. The minimum absolute atomic E-state index is 0.219. The van der Waals surface area contributed by atoms with Crippen molar-refractivity contribution in [1.82, 2.24) is 29.8 Å². The summed E-state index contributed by atoms with van der Waals surface area (Å²) < 4.78 is 2.82. The second kappa shape index (κ2) is 5.31. The van der Waals surface area contributed by atoms with E-state index in [0.29, 0.717) is 11.0 Å². The van der Waals surface area contributed by atoms with Crippen LogP contribution in [0.25, 0.3) is 11.0 Å². The van der Waals surface area contributed by atoms with Crippen molar-refractivity contribution in [3.05, 3.63) is 40.4 Å². The summed E-state index contributed by atoms with van der Waals surface area (Å²) >= 11 is 0. The SMILES string of the molecule is CCNc1cccc(Cn2nnc3c(cnn3C)c2=O)n1. The maximum atomic E-state index is 12.3. The Hall–Kier alpha value is -2.77. The Kier molecular flexibility index (Phi) is 3.35. The number of aryl methyl sites for hydroxylation is 1. The minimum atomic E-state index is -0.219. The second-order valence-corrected chi connectivity index (χ2v) is 4.60. The van der Waals surface area contributed by atoms with Gasteiger partial charge in [0.05, 0.1) is 18.4 Å². The van der Waals surface area contributed by atoms with Gasteiger partial charge in [0.15, 0.2) is 5.65 Å². The fourth-order valence-electron chi connectivity index (χ4n) is 2.08.